The molecule has 1 atom stereocenters. The molecule has 24 heavy (non-hydrogen) atoms. The molecule has 1 fully saturated rings. The van der Waals surface area contributed by atoms with E-state index in [1.807, 2.05) is 24.3 Å². The second kappa shape index (κ2) is 7.81. The van der Waals surface area contributed by atoms with E-state index in [1.165, 1.54) is 0 Å². The number of aliphatic carboxylic acids is 1. The minimum absolute atomic E-state index is 0.293. The van der Waals surface area contributed by atoms with Crippen LogP contribution in [0.25, 0.3) is 17.3 Å². The Morgan fingerprint density at radius 2 is 2.12 bits per heavy atom. The number of aromatic nitrogens is 2. The van der Waals surface area contributed by atoms with Gasteiger partial charge in [0.05, 0.1) is 11.4 Å². The van der Waals surface area contributed by atoms with Gasteiger partial charge in [-0.3, -0.25) is 9.97 Å². The van der Waals surface area contributed by atoms with E-state index in [-0.39, 0.29) is 0 Å². The number of rotatable bonds is 4. The summed E-state index contributed by atoms with van der Waals surface area (Å²) in [5.74, 6) is -0.667. The van der Waals surface area contributed by atoms with Crippen molar-refractivity contribution in [1.29, 1.82) is 0 Å². The number of nitrogens with one attached hydrogen (secondary N) is 2. The van der Waals surface area contributed by atoms with Crippen molar-refractivity contribution < 1.29 is 9.90 Å². The van der Waals surface area contributed by atoms with Crippen LogP contribution < -0.4 is 10.6 Å². The van der Waals surface area contributed by atoms with Crippen molar-refractivity contribution in [2.75, 3.05) is 19.8 Å². The molecule has 0 amide bonds. The lowest BCUT2D eigenvalue weighted by Gasteiger charge is -2.16. The molecule has 3 N–H and O–H groups in total. The summed E-state index contributed by atoms with van der Waals surface area (Å²) in [6.07, 6.45) is 7.14. The maximum absolute atomic E-state index is 10.7. The minimum Gasteiger partial charge on any atom is -0.478 e. The zero-order valence-corrected chi connectivity index (χ0v) is 13.3. The third-order valence-electron chi connectivity index (χ3n) is 4.00. The fraction of sp³-hybridized carbons (Fsp3) is 0.278. The van der Waals surface area contributed by atoms with Gasteiger partial charge in [-0.15, -0.1) is 0 Å². The van der Waals surface area contributed by atoms with Gasteiger partial charge in [0.25, 0.3) is 0 Å². The smallest absolute Gasteiger partial charge is 0.328 e. The first-order valence-corrected chi connectivity index (χ1v) is 7.98. The highest BCUT2D eigenvalue weighted by atomic mass is 16.4. The van der Waals surface area contributed by atoms with Crippen LogP contribution in [0.15, 0.2) is 42.7 Å². The number of carboxylic acid groups (broad SMARTS) is 1. The summed E-state index contributed by atoms with van der Waals surface area (Å²) < 4.78 is 0. The molecule has 2 heterocycles. The van der Waals surface area contributed by atoms with Crippen LogP contribution in [0.5, 0.6) is 0 Å². The molecule has 0 bridgehead atoms. The van der Waals surface area contributed by atoms with Crippen molar-refractivity contribution in [3.63, 3.8) is 0 Å². The molecular formula is C18H20N4O2. The fourth-order valence-corrected chi connectivity index (χ4v) is 2.86. The van der Waals surface area contributed by atoms with Gasteiger partial charge in [0.15, 0.2) is 0 Å². The average Bonchev–Trinajstić information content (AvgIpc) is 2.89. The van der Waals surface area contributed by atoms with Gasteiger partial charge in [0.1, 0.15) is 0 Å². The van der Waals surface area contributed by atoms with E-state index in [4.69, 9.17) is 5.11 Å². The predicted molar refractivity (Wildman–Crippen MR) is 92.4 cm³/mol. The lowest BCUT2D eigenvalue weighted by Crippen LogP contribution is -2.27. The van der Waals surface area contributed by atoms with E-state index < -0.39 is 5.97 Å². The molecule has 124 valence electrons. The number of hydrogen-bond acceptors (Lipinski definition) is 5. The van der Waals surface area contributed by atoms with E-state index in [0.717, 1.165) is 54.8 Å². The largest absolute Gasteiger partial charge is 0.478 e. The molecule has 0 saturated carbocycles. The number of carbonyl (C=O) groups is 1. The van der Waals surface area contributed by atoms with E-state index in [0.29, 0.717) is 5.92 Å². The first-order chi connectivity index (χ1) is 11.7. The molecule has 6 heteroatoms. The van der Waals surface area contributed by atoms with Crippen molar-refractivity contribution in [2.45, 2.75) is 12.3 Å². The van der Waals surface area contributed by atoms with Gasteiger partial charge in [0.2, 0.25) is 0 Å². The Hall–Kier alpha value is -2.57. The van der Waals surface area contributed by atoms with Crippen molar-refractivity contribution >= 4 is 12.0 Å². The molecule has 1 aliphatic heterocycles. The number of carboxylic acids is 1. The van der Waals surface area contributed by atoms with Crippen LogP contribution in [0.4, 0.5) is 0 Å². The highest BCUT2D eigenvalue weighted by Gasteiger charge is 2.20. The van der Waals surface area contributed by atoms with Crippen LogP contribution in [-0.4, -0.2) is 40.8 Å². The van der Waals surface area contributed by atoms with Gasteiger partial charge in [-0.25, -0.2) is 4.79 Å². The van der Waals surface area contributed by atoms with Crippen LogP contribution in [0.2, 0.25) is 0 Å². The lowest BCUT2D eigenvalue weighted by atomic mass is 9.95. The number of nitrogens with zero attached hydrogens (tertiary/aromatic N) is 2. The molecule has 0 radical (unpaired) electrons. The average molecular weight is 324 g/mol. The Bertz CT molecular complexity index is 737. The molecule has 1 unspecified atom stereocenters. The molecule has 2 aromatic rings. The molecule has 3 rings (SSSR count). The molecule has 1 saturated heterocycles. The fourth-order valence-electron chi connectivity index (χ4n) is 2.86. The molecule has 1 aromatic heterocycles. The third kappa shape index (κ3) is 4.04. The molecule has 0 aliphatic carbocycles. The van der Waals surface area contributed by atoms with Crippen molar-refractivity contribution in [3.05, 3.63) is 54.0 Å². The second-order valence-electron chi connectivity index (χ2n) is 5.70. The van der Waals surface area contributed by atoms with Gasteiger partial charge in [-0.1, -0.05) is 18.2 Å². The summed E-state index contributed by atoms with van der Waals surface area (Å²) in [5.41, 5.74) is 3.61. The lowest BCUT2D eigenvalue weighted by molar-refractivity contribution is -0.131. The molecular weight excluding hydrogens is 304 g/mol. The number of hydrogen-bond donors (Lipinski definition) is 3. The summed E-state index contributed by atoms with van der Waals surface area (Å²) in [6.45, 7) is 2.61. The van der Waals surface area contributed by atoms with Gasteiger partial charge in [-0.2, -0.15) is 0 Å². The second-order valence-corrected chi connectivity index (χ2v) is 5.70. The Kier molecular flexibility index (Phi) is 5.30. The van der Waals surface area contributed by atoms with Gasteiger partial charge < -0.3 is 15.7 Å². The van der Waals surface area contributed by atoms with Gasteiger partial charge in [0, 0.05) is 43.2 Å². The Labute approximate surface area is 140 Å². The molecule has 1 aromatic carbocycles. The quantitative estimate of drug-likeness (QED) is 0.744. The van der Waals surface area contributed by atoms with Crippen LogP contribution in [0.1, 0.15) is 23.6 Å². The van der Waals surface area contributed by atoms with Crippen LogP contribution in [0.3, 0.4) is 0 Å². The van der Waals surface area contributed by atoms with Gasteiger partial charge >= 0.3 is 5.97 Å². The topological polar surface area (TPSA) is 87.1 Å². The summed E-state index contributed by atoms with van der Waals surface area (Å²) in [7, 11) is 0. The Morgan fingerprint density at radius 1 is 1.25 bits per heavy atom. The third-order valence-corrected chi connectivity index (χ3v) is 4.00. The Morgan fingerprint density at radius 3 is 3.00 bits per heavy atom. The number of benzene rings is 1. The predicted octanol–water partition coefficient (Wildman–Crippen LogP) is 1.87. The zero-order valence-electron chi connectivity index (χ0n) is 13.3. The van der Waals surface area contributed by atoms with Gasteiger partial charge in [-0.05, 0) is 30.7 Å². The maximum atomic E-state index is 10.7. The monoisotopic (exact) mass is 324 g/mol. The zero-order chi connectivity index (χ0) is 16.8. The SMILES string of the molecule is O=C(O)/C=C/c1cccc(-c2nccnc2C2CCNCNC2)c1. The molecule has 1 aliphatic rings. The van der Waals surface area contributed by atoms with Crippen LogP contribution >= 0.6 is 0 Å². The molecule has 0 spiro atoms. The van der Waals surface area contributed by atoms with E-state index in [9.17, 15) is 4.79 Å². The normalized spacial score (nSPS) is 18.4. The maximum Gasteiger partial charge on any atom is 0.328 e. The highest BCUT2D eigenvalue weighted by Crippen LogP contribution is 2.28. The highest BCUT2D eigenvalue weighted by molar-refractivity contribution is 5.85. The summed E-state index contributed by atoms with van der Waals surface area (Å²) in [5, 5.41) is 15.5. The Balaban J connectivity index is 1.94. The van der Waals surface area contributed by atoms with Crippen LogP contribution in [0, 0.1) is 0 Å². The van der Waals surface area contributed by atoms with E-state index in [2.05, 4.69) is 20.6 Å². The summed E-state index contributed by atoms with van der Waals surface area (Å²) in [4.78, 5) is 19.8. The van der Waals surface area contributed by atoms with E-state index >= 15 is 0 Å². The standard InChI is InChI=1S/C18H20N4O2/c23-16(24)5-4-13-2-1-3-14(10-13)17-18(22-9-8-21-17)15-6-7-19-12-20-11-15/h1-5,8-10,15,19-20H,6-7,11-12H2,(H,23,24)/b5-4+. The van der Waals surface area contributed by atoms with E-state index in [1.54, 1.807) is 18.5 Å². The molecule has 6 nitrogen and oxygen atoms in total. The minimum atomic E-state index is -0.961. The summed E-state index contributed by atoms with van der Waals surface area (Å²) >= 11 is 0. The van der Waals surface area contributed by atoms with Crippen molar-refractivity contribution in [2.24, 2.45) is 0 Å². The first-order valence-electron chi connectivity index (χ1n) is 7.98. The van der Waals surface area contributed by atoms with Crippen molar-refractivity contribution in [1.82, 2.24) is 20.6 Å². The summed E-state index contributed by atoms with van der Waals surface area (Å²) in [6, 6.07) is 7.70. The van der Waals surface area contributed by atoms with Crippen molar-refractivity contribution in [3.8, 4) is 11.3 Å². The van der Waals surface area contributed by atoms with Crippen LogP contribution in [-0.2, 0) is 4.79 Å². The first kappa shape index (κ1) is 16.3.